The molecule has 142 valence electrons. The highest BCUT2D eigenvalue weighted by Crippen LogP contribution is 2.48. The Morgan fingerprint density at radius 3 is 2.81 bits per heavy atom. The third-order valence-corrected chi connectivity index (χ3v) is 5.23. The lowest BCUT2D eigenvalue weighted by atomic mass is 10.1. The van der Waals surface area contributed by atoms with Crippen molar-refractivity contribution in [3.63, 3.8) is 0 Å². The Hall–Kier alpha value is -2.50. The molecule has 27 heavy (non-hydrogen) atoms. The van der Waals surface area contributed by atoms with Gasteiger partial charge in [0.2, 0.25) is 5.91 Å². The lowest BCUT2D eigenvalue weighted by Crippen LogP contribution is -2.29. The van der Waals surface area contributed by atoms with E-state index >= 15 is 0 Å². The molecule has 2 fully saturated rings. The van der Waals surface area contributed by atoms with Gasteiger partial charge in [0.25, 0.3) is 0 Å². The topological polar surface area (TPSA) is 51.2 Å². The molecule has 2 aliphatic carbocycles. The van der Waals surface area contributed by atoms with Crippen LogP contribution in [0.25, 0.3) is 0 Å². The number of halogens is 2. The van der Waals surface area contributed by atoms with Crippen molar-refractivity contribution in [3.05, 3.63) is 59.4 Å². The Kier molecular flexibility index (Phi) is 4.81. The number of amides is 1. The molecule has 1 aromatic carbocycles. The number of nitrogens with zero attached hydrogens (tertiary/aromatic N) is 1. The van der Waals surface area contributed by atoms with Crippen molar-refractivity contribution >= 4 is 5.91 Å². The van der Waals surface area contributed by atoms with Crippen molar-refractivity contribution in [3.8, 4) is 5.75 Å². The Labute approximate surface area is 157 Å². The predicted octanol–water partition coefficient (Wildman–Crippen LogP) is 4.13. The number of hydrogen-bond donors (Lipinski definition) is 1. The van der Waals surface area contributed by atoms with Crippen molar-refractivity contribution in [1.29, 1.82) is 0 Å². The molecule has 0 bridgehead atoms. The molecule has 0 saturated heterocycles. The first-order valence-corrected chi connectivity index (χ1v) is 9.35. The van der Waals surface area contributed by atoms with E-state index in [4.69, 9.17) is 4.74 Å². The molecule has 6 heteroatoms. The number of benzene rings is 1. The lowest BCUT2D eigenvalue weighted by Gasteiger charge is -2.14. The molecular weight excluding hydrogens is 350 g/mol. The molecule has 4 rings (SSSR count). The van der Waals surface area contributed by atoms with E-state index in [9.17, 15) is 13.6 Å². The fraction of sp³-hybridized carbons (Fsp3) is 0.429. The first-order valence-electron chi connectivity index (χ1n) is 9.35. The average molecular weight is 372 g/mol. The highest BCUT2D eigenvalue weighted by Gasteiger charge is 2.45. The maximum absolute atomic E-state index is 13.9. The largest absolute Gasteiger partial charge is 0.492 e. The molecule has 1 aromatic heterocycles. The third kappa shape index (κ3) is 4.26. The average Bonchev–Trinajstić information content (AvgIpc) is 3.56. The van der Waals surface area contributed by atoms with E-state index in [2.05, 4.69) is 10.3 Å². The molecule has 0 radical (unpaired) electrons. The molecule has 1 N–H and O–H groups in total. The Morgan fingerprint density at radius 2 is 2.11 bits per heavy atom. The number of aromatic nitrogens is 1. The van der Waals surface area contributed by atoms with E-state index in [1.807, 2.05) is 19.1 Å². The molecule has 1 heterocycles. The van der Waals surface area contributed by atoms with Crippen LogP contribution in [0.2, 0.25) is 0 Å². The fourth-order valence-electron chi connectivity index (χ4n) is 3.25. The molecule has 2 unspecified atom stereocenters. The van der Waals surface area contributed by atoms with Gasteiger partial charge in [-0.1, -0.05) is 0 Å². The van der Waals surface area contributed by atoms with Crippen LogP contribution in [0.15, 0.2) is 36.5 Å². The van der Waals surface area contributed by atoms with Gasteiger partial charge in [-0.2, -0.15) is 0 Å². The predicted molar refractivity (Wildman–Crippen MR) is 96.2 cm³/mol. The Bertz CT molecular complexity index is 837. The van der Waals surface area contributed by atoms with Crippen LogP contribution in [0, 0.1) is 23.5 Å². The van der Waals surface area contributed by atoms with Crippen molar-refractivity contribution < 1.29 is 18.3 Å². The summed E-state index contributed by atoms with van der Waals surface area (Å²) in [5.41, 5.74) is 1.01. The van der Waals surface area contributed by atoms with Gasteiger partial charge in [-0.15, -0.1) is 0 Å². The summed E-state index contributed by atoms with van der Waals surface area (Å²) in [6.07, 6.45) is 4.66. The zero-order valence-electron chi connectivity index (χ0n) is 15.1. The SMILES string of the molecule is C[C@@H](NC(=O)C1CC1c1cc(F)ccc1F)c1ccc(OCC2CC2)cn1. The Balaban J connectivity index is 1.32. The molecule has 2 aliphatic rings. The molecule has 3 atom stereocenters. The van der Waals surface area contributed by atoms with Crippen molar-refractivity contribution in [2.75, 3.05) is 6.61 Å². The third-order valence-electron chi connectivity index (χ3n) is 5.23. The second-order valence-electron chi connectivity index (χ2n) is 7.52. The monoisotopic (exact) mass is 372 g/mol. The maximum atomic E-state index is 13.9. The minimum absolute atomic E-state index is 0.160. The zero-order chi connectivity index (χ0) is 19.0. The summed E-state index contributed by atoms with van der Waals surface area (Å²) >= 11 is 0. The van der Waals surface area contributed by atoms with Crippen molar-refractivity contribution in [2.45, 2.75) is 38.1 Å². The standard InChI is InChI=1S/C21H22F2N2O2/c1-12(20-7-5-15(10-24-20)27-11-13-2-3-13)25-21(26)18-9-16(18)17-8-14(22)4-6-19(17)23/h4-8,10,12-13,16,18H,2-3,9,11H2,1H3,(H,25,26)/t12-,16?,18?/m1/s1. The van der Waals surface area contributed by atoms with Gasteiger partial charge in [-0.25, -0.2) is 8.78 Å². The quantitative estimate of drug-likeness (QED) is 0.795. The second-order valence-corrected chi connectivity index (χ2v) is 7.52. The summed E-state index contributed by atoms with van der Waals surface area (Å²) in [6, 6.07) is 6.80. The van der Waals surface area contributed by atoms with Gasteiger partial charge in [-0.05, 0) is 73.9 Å². The molecular formula is C21H22F2N2O2. The normalized spacial score (nSPS) is 22.2. The van der Waals surface area contributed by atoms with Crippen LogP contribution in [0.4, 0.5) is 8.78 Å². The van der Waals surface area contributed by atoms with Gasteiger partial charge < -0.3 is 10.1 Å². The van der Waals surface area contributed by atoms with Crippen LogP contribution in [0.1, 0.15) is 49.4 Å². The van der Waals surface area contributed by atoms with E-state index < -0.39 is 11.6 Å². The van der Waals surface area contributed by atoms with Gasteiger partial charge in [0.05, 0.1) is 24.5 Å². The Morgan fingerprint density at radius 1 is 1.30 bits per heavy atom. The van der Waals surface area contributed by atoms with Gasteiger partial charge in [0, 0.05) is 5.92 Å². The number of hydrogen-bond acceptors (Lipinski definition) is 3. The summed E-state index contributed by atoms with van der Waals surface area (Å²) in [7, 11) is 0. The minimum Gasteiger partial charge on any atom is -0.492 e. The number of rotatable bonds is 7. The van der Waals surface area contributed by atoms with Gasteiger partial charge in [-0.3, -0.25) is 9.78 Å². The highest BCUT2D eigenvalue weighted by molar-refractivity contribution is 5.83. The number of pyridine rings is 1. The van der Waals surface area contributed by atoms with Gasteiger partial charge in [0.1, 0.15) is 17.4 Å². The molecule has 4 nitrogen and oxygen atoms in total. The zero-order valence-corrected chi connectivity index (χ0v) is 15.1. The molecule has 2 saturated carbocycles. The molecule has 2 aromatic rings. The van der Waals surface area contributed by atoms with Crippen molar-refractivity contribution in [1.82, 2.24) is 10.3 Å². The number of carbonyl (C=O) groups is 1. The van der Waals surface area contributed by atoms with Crippen LogP contribution in [0.5, 0.6) is 5.75 Å². The van der Waals surface area contributed by atoms with Crippen LogP contribution in [-0.2, 0) is 4.79 Å². The van der Waals surface area contributed by atoms with E-state index in [0.29, 0.717) is 12.3 Å². The van der Waals surface area contributed by atoms with Crippen LogP contribution < -0.4 is 10.1 Å². The van der Waals surface area contributed by atoms with Crippen molar-refractivity contribution in [2.24, 2.45) is 11.8 Å². The summed E-state index contributed by atoms with van der Waals surface area (Å²) in [4.78, 5) is 16.8. The van der Waals surface area contributed by atoms with Gasteiger partial charge in [0.15, 0.2) is 0 Å². The number of carbonyl (C=O) groups excluding carboxylic acids is 1. The van der Waals surface area contributed by atoms with E-state index in [-0.39, 0.29) is 29.3 Å². The number of nitrogens with one attached hydrogen (secondary N) is 1. The molecule has 0 aliphatic heterocycles. The van der Waals surface area contributed by atoms with Crippen LogP contribution >= 0.6 is 0 Å². The minimum atomic E-state index is -0.487. The summed E-state index contributed by atoms with van der Waals surface area (Å²) < 4.78 is 32.9. The first-order chi connectivity index (χ1) is 13.0. The molecule has 1 amide bonds. The summed E-state index contributed by atoms with van der Waals surface area (Å²) in [5, 5.41) is 2.91. The van der Waals surface area contributed by atoms with Crippen LogP contribution in [-0.4, -0.2) is 17.5 Å². The maximum Gasteiger partial charge on any atom is 0.224 e. The van der Waals surface area contributed by atoms with Gasteiger partial charge >= 0.3 is 0 Å². The first kappa shape index (κ1) is 17.9. The molecule has 0 spiro atoms. The van der Waals surface area contributed by atoms with E-state index in [0.717, 1.165) is 30.2 Å². The summed E-state index contributed by atoms with van der Waals surface area (Å²) in [6.45, 7) is 2.58. The van der Waals surface area contributed by atoms with E-state index in [1.165, 1.54) is 18.9 Å². The van der Waals surface area contributed by atoms with Crippen LogP contribution in [0.3, 0.4) is 0 Å². The number of ether oxygens (including phenoxy) is 1. The highest BCUT2D eigenvalue weighted by atomic mass is 19.1. The fourth-order valence-corrected chi connectivity index (χ4v) is 3.25. The lowest BCUT2D eigenvalue weighted by molar-refractivity contribution is -0.123. The smallest absolute Gasteiger partial charge is 0.224 e. The summed E-state index contributed by atoms with van der Waals surface area (Å²) in [5.74, 6) is -0.298. The van der Waals surface area contributed by atoms with E-state index in [1.54, 1.807) is 6.20 Å². The second kappa shape index (κ2) is 7.25.